The molecule has 4 aromatic rings. The number of ketones is 1. The molecule has 1 aliphatic carbocycles. The summed E-state index contributed by atoms with van der Waals surface area (Å²) in [5, 5.41) is 4.21. The molecule has 0 atom stereocenters. The van der Waals surface area contributed by atoms with Crippen LogP contribution in [0.4, 0.5) is 8.78 Å². The third-order valence-corrected chi connectivity index (χ3v) is 6.52. The Kier molecular flexibility index (Phi) is 7.67. The highest BCUT2D eigenvalue weighted by Gasteiger charge is 2.30. The van der Waals surface area contributed by atoms with Gasteiger partial charge in [0.05, 0.1) is 38.0 Å². The summed E-state index contributed by atoms with van der Waals surface area (Å²) in [6.07, 6.45) is 8.76. The van der Waals surface area contributed by atoms with Crippen molar-refractivity contribution in [2.45, 2.75) is 32.8 Å². The van der Waals surface area contributed by atoms with Crippen LogP contribution in [-0.4, -0.2) is 57.9 Å². The van der Waals surface area contributed by atoms with Gasteiger partial charge in [-0.2, -0.15) is 13.9 Å². The predicted molar refractivity (Wildman–Crippen MR) is 140 cm³/mol. The van der Waals surface area contributed by atoms with E-state index in [1.165, 1.54) is 13.2 Å². The van der Waals surface area contributed by atoms with Crippen molar-refractivity contribution in [2.24, 2.45) is 13.0 Å². The Morgan fingerprint density at radius 1 is 1.07 bits per heavy atom. The van der Waals surface area contributed by atoms with Crippen LogP contribution in [0.5, 0.6) is 17.2 Å². The van der Waals surface area contributed by atoms with Gasteiger partial charge in [-0.15, -0.1) is 0 Å². The molecule has 0 amide bonds. The second-order valence-corrected chi connectivity index (χ2v) is 9.42. The number of imidazole rings is 1. The predicted octanol–water partition coefficient (Wildman–Crippen LogP) is 4.94. The highest BCUT2D eigenvalue weighted by atomic mass is 19.3. The molecule has 210 valence electrons. The molecule has 1 fully saturated rings. The summed E-state index contributed by atoms with van der Waals surface area (Å²) < 4.78 is 51.3. The average Bonchev–Trinajstić information content (AvgIpc) is 3.46. The van der Waals surface area contributed by atoms with E-state index in [2.05, 4.69) is 10.1 Å². The number of Topliss-reactive ketones (excluding diaryl/α,β-unsaturated/α-hetero) is 1. The smallest absolute Gasteiger partial charge is 0.387 e. The van der Waals surface area contributed by atoms with Gasteiger partial charge in [-0.05, 0) is 43.9 Å². The molecular weight excluding hydrogens is 526 g/mol. The fraction of sp³-hybridized carbons (Fsp3) is 0.357. The molecule has 0 bridgehead atoms. The summed E-state index contributed by atoms with van der Waals surface area (Å²) in [6.45, 7) is -1.55. The summed E-state index contributed by atoms with van der Waals surface area (Å²) >= 11 is 0. The van der Waals surface area contributed by atoms with Gasteiger partial charge in [0, 0.05) is 36.4 Å². The second kappa shape index (κ2) is 11.3. The molecule has 0 saturated heterocycles. The van der Waals surface area contributed by atoms with E-state index in [9.17, 15) is 18.4 Å². The molecule has 1 aliphatic rings. The molecular formula is C28H28F2N4O6. The molecule has 0 N–H and O–H groups in total. The van der Waals surface area contributed by atoms with E-state index in [1.807, 2.05) is 0 Å². The molecule has 10 nitrogen and oxygen atoms in total. The van der Waals surface area contributed by atoms with Crippen molar-refractivity contribution in [2.75, 3.05) is 20.3 Å². The third kappa shape index (κ3) is 5.75. The molecule has 0 unspecified atom stereocenters. The van der Waals surface area contributed by atoms with Crippen LogP contribution in [0.1, 0.15) is 36.5 Å². The number of pyridine rings is 1. The first-order valence-corrected chi connectivity index (χ1v) is 12.8. The SMILES string of the molecule is CCOC(=O)COc1cn2c(-c3cc(OC)c(C(=O)CC4CC4)c(OC(F)F)c3)cnc2cc1-c1cnn(C)c1. The maximum atomic E-state index is 13.4. The van der Waals surface area contributed by atoms with Crippen molar-refractivity contribution in [1.82, 2.24) is 19.2 Å². The fourth-order valence-corrected chi connectivity index (χ4v) is 4.51. The maximum absolute atomic E-state index is 13.4. The van der Waals surface area contributed by atoms with Crippen LogP contribution in [-0.2, 0) is 16.6 Å². The number of aromatic nitrogens is 4. The number of ether oxygens (including phenoxy) is 4. The number of hydrogen-bond donors (Lipinski definition) is 0. The zero-order chi connectivity index (χ0) is 28.4. The third-order valence-electron chi connectivity index (χ3n) is 6.52. The van der Waals surface area contributed by atoms with Gasteiger partial charge in [0.25, 0.3) is 0 Å². The topological polar surface area (TPSA) is 106 Å². The van der Waals surface area contributed by atoms with Crippen LogP contribution >= 0.6 is 0 Å². The number of carbonyl (C=O) groups is 2. The van der Waals surface area contributed by atoms with Gasteiger partial charge < -0.3 is 18.9 Å². The van der Waals surface area contributed by atoms with E-state index in [0.29, 0.717) is 28.2 Å². The van der Waals surface area contributed by atoms with Crippen LogP contribution < -0.4 is 14.2 Å². The standard InChI is InChI=1S/C28H28F2N4O6/c1-4-38-26(36)15-39-24-14-34-20(12-31-25(34)10-19(24)18-11-32-33(2)13-18)17-8-22(37-3)27(21(35)7-16-5-6-16)23(9-17)40-28(29)30/h8-14,16,28H,4-7,15H2,1-3H3. The number of benzene rings is 1. The molecule has 3 aromatic heterocycles. The number of hydrogen-bond acceptors (Lipinski definition) is 8. The van der Waals surface area contributed by atoms with E-state index in [1.54, 1.807) is 60.0 Å². The normalized spacial score (nSPS) is 13.1. The van der Waals surface area contributed by atoms with E-state index >= 15 is 0 Å². The molecule has 0 aliphatic heterocycles. The highest BCUT2D eigenvalue weighted by molar-refractivity contribution is 6.02. The van der Waals surface area contributed by atoms with Gasteiger partial charge in [-0.1, -0.05) is 0 Å². The lowest BCUT2D eigenvalue weighted by atomic mass is 10.00. The largest absolute Gasteiger partial charge is 0.496 e. The van der Waals surface area contributed by atoms with Crippen molar-refractivity contribution in [3.8, 4) is 39.6 Å². The van der Waals surface area contributed by atoms with Gasteiger partial charge in [-0.3, -0.25) is 13.9 Å². The first-order chi connectivity index (χ1) is 19.3. The second-order valence-electron chi connectivity index (χ2n) is 9.42. The highest BCUT2D eigenvalue weighted by Crippen LogP contribution is 2.41. The first-order valence-electron chi connectivity index (χ1n) is 12.8. The van der Waals surface area contributed by atoms with Crippen LogP contribution in [0, 0.1) is 5.92 Å². The van der Waals surface area contributed by atoms with E-state index in [-0.39, 0.29) is 48.4 Å². The van der Waals surface area contributed by atoms with Crippen LogP contribution in [0.25, 0.3) is 28.0 Å². The van der Waals surface area contributed by atoms with E-state index in [0.717, 1.165) is 18.4 Å². The number of halogens is 2. The number of fused-ring (bicyclic) bond motifs is 1. The minimum atomic E-state index is -3.14. The molecule has 1 aromatic carbocycles. The zero-order valence-electron chi connectivity index (χ0n) is 22.2. The van der Waals surface area contributed by atoms with Gasteiger partial charge in [-0.25, -0.2) is 9.78 Å². The van der Waals surface area contributed by atoms with Gasteiger partial charge in [0.1, 0.15) is 28.5 Å². The Bertz CT molecular complexity index is 1560. The number of carbonyl (C=O) groups excluding carboxylic acids is 2. The molecule has 5 rings (SSSR count). The van der Waals surface area contributed by atoms with Crippen LogP contribution in [0.3, 0.4) is 0 Å². The fourth-order valence-electron chi connectivity index (χ4n) is 4.51. The molecule has 3 heterocycles. The van der Waals surface area contributed by atoms with Crippen molar-refractivity contribution in [3.63, 3.8) is 0 Å². The van der Waals surface area contributed by atoms with Gasteiger partial charge >= 0.3 is 12.6 Å². The first kappa shape index (κ1) is 27.1. The summed E-state index contributed by atoms with van der Waals surface area (Å²) in [6, 6.07) is 4.74. The summed E-state index contributed by atoms with van der Waals surface area (Å²) in [7, 11) is 3.15. The average molecular weight is 555 g/mol. The summed E-state index contributed by atoms with van der Waals surface area (Å²) in [4.78, 5) is 29.5. The number of esters is 1. The lowest BCUT2D eigenvalue weighted by Crippen LogP contribution is -2.15. The maximum Gasteiger partial charge on any atom is 0.387 e. The van der Waals surface area contributed by atoms with Crippen LogP contribution in [0.2, 0.25) is 0 Å². The van der Waals surface area contributed by atoms with Crippen molar-refractivity contribution in [3.05, 3.63) is 48.5 Å². The summed E-state index contributed by atoms with van der Waals surface area (Å²) in [5.41, 5.74) is 2.80. The monoisotopic (exact) mass is 554 g/mol. The minimum Gasteiger partial charge on any atom is -0.496 e. The Hall–Kier alpha value is -4.48. The Labute approximate surface area is 228 Å². The minimum absolute atomic E-state index is 0.00964. The molecule has 1 saturated carbocycles. The van der Waals surface area contributed by atoms with Crippen molar-refractivity contribution in [1.29, 1.82) is 0 Å². The van der Waals surface area contributed by atoms with E-state index in [4.69, 9.17) is 18.9 Å². The Balaban J connectivity index is 1.61. The number of aryl methyl sites for hydroxylation is 1. The van der Waals surface area contributed by atoms with Crippen molar-refractivity contribution < 1.29 is 37.3 Å². The Morgan fingerprint density at radius 3 is 2.50 bits per heavy atom. The molecule has 0 spiro atoms. The molecule has 40 heavy (non-hydrogen) atoms. The number of rotatable bonds is 12. The van der Waals surface area contributed by atoms with Crippen LogP contribution in [0.15, 0.2) is 43.0 Å². The van der Waals surface area contributed by atoms with Gasteiger partial charge in [0.15, 0.2) is 12.4 Å². The van der Waals surface area contributed by atoms with Gasteiger partial charge in [0.2, 0.25) is 0 Å². The van der Waals surface area contributed by atoms with Crippen molar-refractivity contribution >= 4 is 17.4 Å². The lowest BCUT2D eigenvalue weighted by molar-refractivity contribution is -0.145. The molecule has 0 radical (unpaired) electrons. The zero-order valence-corrected chi connectivity index (χ0v) is 22.2. The van der Waals surface area contributed by atoms with E-state index < -0.39 is 12.6 Å². The summed E-state index contributed by atoms with van der Waals surface area (Å²) in [5.74, 6) is -0.390. The number of nitrogens with zero attached hydrogens (tertiary/aromatic N) is 4. The lowest BCUT2D eigenvalue weighted by Gasteiger charge is -2.16. The molecule has 12 heteroatoms. The number of methoxy groups -OCH3 is 1. The number of alkyl halides is 2. The quantitative estimate of drug-likeness (QED) is 0.179. The Morgan fingerprint density at radius 2 is 1.85 bits per heavy atom.